The summed E-state index contributed by atoms with van der Waals surface area (Å²) in [6.45, 7) is 4.70. The maximum absolute atomic E-state index is 12.5. The molecular formula is C19H22ClN3O3S. The normalized spacial score (nSPS) is 16.2. The Labute approximate surface area is 164 Å². The first kappa shape index (κ1) is 19.8. The predicted octanol–water partition coefficient (Wildman–Crippen LogP) is 2.21. The van der Waals surface area contributed by atoms with Crippen LogP contribution in [0.25, 0.3) is 0 Å². The third-order valence-electron chi connectivity index (χ3n) is 4.54. The van der Waals surface area contributed by atoms with Gasteiger partial charge in [0.15, 0.2) is 0 Å². The molecule has 3 rings (SSSR count). The van der Waals surface area contributed by atoms with Gasteiger partial charge in [-0.15, -0.1) is 0 Å². The van der Waals surface area contributed by atoms with E-state index in [0.717, 1.165) is 38.3 Å². The van der Waals surface area contributed by atoms with Gasteiger partial charge in [0.2, 0.25) is 0 Å². The second-order valence-electron chi connectivity index (χ2n) is 6.67. The highest BCUT2D eigenvalue weighted by molar-refractivity contribution is 7.90. The van der Waals surface area contributed by atoms with Crippen molar-refractivity contribution in [2.75, 3.05) is 33.2 Å². The number of nitrogens with one attached hydrogen (secondary N) is 1. The first-order valence-corrected chi connectivity index (χ1v) is 10.5. The van der Waals surface area contributed by atoms with Gasteiger partial charge in [-0.25, -0.2) is 13.1 Å². The highest BCUT2D eigenvalue weighted by Gasteiger charge is 2.19. The number of carbonyl (C=O) groups excluding carboxylic acids is 1. The van der Waals surface area contributed by atoms with Gasteiger partial charge in [-0.2, -0.15) is 0 Å². The van der Waals surface area contributed by atoms with E-state index in [-0.39, 0.29) is 4.90 Å². The Bertz CT molecular complexity index is 908. The molecule has 0 spiro atoms. The van der Waals surface area contributed by atoms with Crippen LogP contribution in [0.4, 0.5) is 0 Å². The summed E-state index contributed by atoms with van der Waals surface area (Å²) >= 11 is 5.78. The molecule has 1 fully saturated rings. The van der Waals surface area contributed by atoms with Crippen molar-refractivity contribution in [2.24, 2.45) is 0 Å². The number of nitrogens with zero attached hydrogens (tertiary/aromatic N) is 2. The molecule has 0 radical (unpaired) electrons. The van der Waals surface area contributed by atoms with Gasteiger partial charge in [0.1, 0.15) is 0 Å². The van der Waals surface area contributed by atoms with Crippen LogP contribution >= 0.6 is 11.6 Å². The predicted molar refractivity (Wildman–Crippen MR) is 105 cm³/mol. The molecule has 0 unspecified atom stereocenters. The van der Waals surface area contributed by atoms with Crippen LogP contribution in [0.15, 0.2) is 53.4 Å². The molecular weight excluding hydrogens is 386 g/mol. The Morgan fingerprint density at radius 2 is 1.74 bits per heavy atom. The molecule has 0 bridgehead atoms. The lowest BCUT2D eigenvalue weighted by molar-refractivity contribution is 0.0981. The Morgan fingerprint density at radius 1 is 1.07 bits per heavy atom. The molecule has 1 saturated heterocycles. The van der Waals surface area contributed by atoms with E-state index >= 15 is 0 Å². The van der Waals surface area contributed by atoms with Crippen molar-refractivity contribution < 1.29 is 13.2 Å². The summed E-state index contributed by atoms with van der Waals surface area (Å²) in [4.78, 5) is 17.0. The lowest BCUT2D eigenvalue weighted by Gasteiger charge is -2.32. The average molecular weight is 408 g/mol. The van der Waals surface area contributed by atoms with E-state index < -0.39 is 15.9 Å². The smallest absolute Gasteiger partial charge is 0.265 e. The molecule has 1 aliphatic rings. The second kappa shape index (κ2) is 8.39. The number of rotatable bonds is 5. The summed E-state index contributed by atoms with van der Waals surface area (Å²) in [5, 5.41) is 0.428. The summed E-state index contributed by atoms with van der Waals surface area (Å²) in [7, 11) is -1.84. The van der Waals surface area contributed by atoms with Crippen molar-refractivity contribution in [1.29, 1.82) is 0 Å². The van der Waals surface area contributed by atoms with Crippen LogP contribution in [-0.2, 0) is 16.6 Å². The van der Waals surface area contributed by atoms with Crippen LogP contribution in [-0.4, -0.2) is 57.4 Å². The largest absolute Gasteiger partial charge is 0.304 e. The SMILES string of the molecule is CN1CCN(Cc2cccc(C(=O)NS(=O)(=O)c3ccc(Cl)cc3)c2)CC1. The van der Waals surface area contributed by atoms with Crippen LogP contribution in [0.5, 0.6) is 0 Å². The zero-order chi connectivity index (χ0) is 19.4. The molecule has 0 saturated carbocycles. The van der Waals surface area contributed by atoms with Crippen molar-refractivity contribution in [3.8, 4) is 0 Å². The number of halogens is 1. The molecule has 6 nitrogen and oxygen atoms in total. The number of sulfonamides is 1. The van der Waals surface area contributed by atoms with E-state index in [2.05, 4.69) is 21.6 Å². The van der Waals surface area contributed by atoms with E-state index in [1.165, 1.54) is 24.3 Å². The maximum Gasteiger partial charge on any atom is 0.265 e. The first-order chi connectivity index (χ1) is 12.8. The van der Waals surface area contributed by atoms with Gasteiger partial charge in [-0.1, -0.05) is 23.7 Å². The minimum absolute atomic E-state index is 0.00570. The molecule has 144 valence electrons. The maximum atomic E-state index is 12.5. The van der Waals surface area contributed by atoms with E-state index in [0.29, 0.717) is 10.6 Å². The Hall–Kier alpha value is -1.93. The highest BCUT2D eigenvalue weighted by atomic mass is 35.5. The quantitative estimate of drug-likeness (QED) is 0.822. The zero-order valence-electron chi connectivity index (χ0n) is 15.1. The minimum atomic E-state index is -3.94. The van der Waals surface area contributed by atoms with Crippen molar-refractivity contribution in [3.63, 3.8) is 0 Å². The van der Waals surface area contributed by atoms with E-state index in [4.69, 9.17) is 11.6 Å². The highest BCUT2D eigenvalue weighted by Crippen LogP contribution is 2.15. The van der Waals surface area contributed by atoms with Crippen molar-refractivity contribution in [1.82, 2.24) is 14.5 Å². The molecule has 2 aromatic rings. The van der Waals surface area contributed by atoms with Gasteiger partial charge in [0.05, 0.1) is 4.90 Å². The summed E-state index contributed by atoms with van der Waals surface area (Å²) in [5.74, 6) is -0.648. The van der Waals surface area contributed by atoms with E-state index in [9.17, 15) is 13.2 Å². The molecule has 27 heavy (non-hydrogen) atoms. The second-order valence-corrected chi connectivity index (χ2v) is 8.79. The van der Waals surface area contributed by atoms with Crippen molar-refractivity contribution >= 4 is 27.5 Å². The van der Waals surface area contributed by atoms with Crippen molar-refractivity contribution in [3.05, 3.63) is 64.7 Å². The number of amides is 1. The molecule has 1 N–H and O–H groups in total. The monoisotopic (exact) mass is 407 g/mol. The lowest BCUT2D eigenvalue weighted by atomic mass is 10.1. The number of benzene rings is 2. The molecule has 1 amide bonds. The van der Waals surface area contributed by atoms with Gasteiger partial charge in [-0.05, 0) is 49.0 Å². The average Bonchev–Trinajstić information content (AvgIpc) is 2.64. The third-order valence-corrected chi connectivity index (χ3v) is 6.14. The van der Waals surface area contributed by atoms with Crippen LogP contribution in [0.3, 0.4) is 0 Å². The van der Waals surface area contributed by atoms with Gasteiger partial charge >= 0.3 is 0 Å². The van der Waals surface area contributed by atoms with Crippen LogP contribution in [0, 0.1) is 0 Å². The Balaban J connectivity index is 1.69. The fourth-order valence-electron chi connectivity index (χ4n) is 2.93. The summed E-state index contributed by atoms with van der Waals surface area (Å²) < 4.78 is 26.9. The van der Waals surface area contributed by atoms with Gasteiger partial charge in [0, 0.05) is 43.3 Å². The first-order valence-electron chi connectivity index (χ1n) is 8.66. The minimum Gasteiger partial charge on any atom is -0.304 e. The number of piperazine rings is 1. The fraction of sp³-hybridized carbons (Fsp3) is 0.316. The molecule has 8 heteroatoms. The van der Waals surface area contributed by atoms with E-state index in [1.807, 2.05) is 6.07 Å². The van der Waals surface area contributed by atoms with Crippen LogP contribution in [0.1, 0.15) is 15.9 Å². The Kier molecular flexibility index (Phi) is 6.16. The molecule has 0 atom stereocenters. The lowest BCUT2D eigenvalue weighted by Crippen LogP contribution is -2.43. The topological polar surface area (TPSA) is 69.7 Å². The number of hydrogen-bond donors (Lipinski definition) is 1. The Morgan fingerprint density at radius 3 is 2.41 bits per heavy atom. The summed E-state index contributed by atoms with van der Waals surface area (Å²) in [6, 6.07) is 12.7. The van der Waals surface area contributed by atoms with Gasteiger partial charge in [0.25, 0.3) is 15.9 Å². The summed E-state index contributed by atoms with van der Waals surface area (Å²) in [5.41, 5.74) is 1.30. The molecule has 1 heterocycles. The van der Waals surface area contributed by atoms with Gasteiger partial charge in [-0.3, -0.25) is 9.69 Å². The molecule has 1 aliphatic heterocycles. The van der Waals surface area contributed by atoms with Crippen molar-refractivity contribution in [2.45, 2.75) is 11.4 Å². The van der Waals surface area contributed by atoms with Gasteiger partial charge < -0.3 is 4.90 Å². The standard InChI is InChI=1S/C19H22ClN3O3S/c1-22-9-11-23(12-10-22)14-15-3-2-4-16(13-15)19(24)21-27(25,26)18-7-5-17(20)6-8-18/h2-8,13H,9-12,14H2,1H3,(H,21,24). The summed E-state index contributed by atoms with van der Waals surface area (Å²) in [6.07, 6.45) is 0. The number of likely N-dealkylation sites (N-methyl/N-ethyl adjacent to an activating group) is 1. The molecule has 0 aliphatic carbocycles. The zero-order valence-corrected chi connectivity index (χ0v) is 16.6. The molecule has 2 aromatic carbocycles. The third kappa shape index (κ3) is 5.29. The number of carbonyl (C=O) groups is 1. The fourth-order valence-corrected chi connectivity index (χ4v) is 4.03. The number of hydrogen-bond acceptors (Lipinski definition) is 5. The van der Waals surface area contributed by atoms with Crippen LogP contribution < -0.4 is 4.72 Å². The molecule has 0 aromatic heterocycles. The van der Waals surface area contributed by atoms with Crippen LogP contribution in [0.2, 0.25) is 5.02 Å². The van der Waals surface area contributed by atoms with E-state index in [1.54, 1.807) is 18.2 Å².